The summed E-state index contributed by atoms with van der Waals surface area (Å²) >= 11 is 0. The predicted molar refractivity (Wildman–Crippen MR) is 160 cm³/mol. The lowest BCUT2D eigenvalue weighted by atomic mass is 9.74. The van der Waals surface area contributed by atoms with Crippen molar-refractivity contribution in [3.05, 3.63) is 137 Å². The van der Waals surface area contributed by atoms with E-state index in [1.54, 1.807) is 46.0 Å². The summed E-state index contributed by atoms with van der Waals surface area (Å²) in [5, 5.41) is 4.86. The number of benzene rings is 4. The number of carbonyl (C=O) groups is 2. The lowest BCUT2D eigenvalue weighted by Gasteiger charge is -2.38. The highest BCUT2D eigenvalue weighted by molar-refractivity contribution is 6.04. The van der Waals surface area contributed by atoms with Gasteiger partial charge in [0.05, 0.1) is 17.3 Å². The molecule has 1 aliphatic rings. The summed E-state index contributed by atoms with van der Waals surface area (Å²) in [5.74, 6) is -0.0128. The normalized spacial score (nSPS) is 16.3. The van der Waals surface area contributed by atoms with Crippen molar-refractivity contribution in [2.45, 2.75) is 26.2 Å². The molecular formula is C35H30FN3O3. The summed E-state index contributed by atoms with van der Waals surface area (Å²) < 4.78 is 21.8. The summed E-state index contributed by atoms with van der Waals surface area (Å²) in [7, 11) is 0. The average molecular weight is 560 g/mol. The minimum Gasteiger partial charge on any atom is -0.457 e. The Morgan fingerprint density at radius 2 is 1.55 bits per heavy atom. The second kappa shape index (κ2) is 11.4. The number of carbonyl (C=O) groups excluding carboxylic acids is 2. The van der Waals surface area contributed by atoms with E-state index in [1.165, 1.54) is 12.1 Å². The molecule has 2 heterocycles. The summed E-state index contributed by atoms with van der Waals surface area (Å²) in [5.41, 5.74) is 3.67. The lowest BCUT2D eigenvalue weighted by molar-refractivity contribution is -0.123. The molecule has 0 aliphatic carbocycles. The van der Waals surface area contributed by atoms with Crippen molar-refractivity contribution in [2.24, 2.45) is 5.92 Å². The number of aryl methyl sites for hydroxylation is 1. The van der Waals surface area contributed by atoms with Crippen molar-refractivity contribution in [3.63, 3.8) is 0 Å². The molecule has 0 N–H and O–H groups in total. The molecule has 6 nitrogen and oxygen atoms in total. The number of hydrogen-bond donors (Lipinski definition) is 0. The maximum atomic E-state index is 14.3. The van der Waals surface area contributed by atoms with Crippen LogP contribution in [0, 0.1) is 18.7 Å². The number of nitrogens with zero attached hydrogens (tertiary/aromatic N) is 3. The van der Waals surface area contributed by atoms with E-state index in [0.29, 0.717) is 29.4 Å². The van der Waals surface area contributed by atoms with Gasteiger partial charge in [-0.15, -0.1) is 0 Å². The summed E-state index contributed by atoms with van der Waals surface area (Å²) in [6, 6.07) is 32.2. The average Bonchev–Trinajstić information content (AvgIpc) is 3.35. The van der Waals surface area contributed by atoms with Crippen LogP contribution in [-0.2, 0) is 4.79 Å². The van der Waals surface area contributed by atoms with Crippen molar-refractivity contribution in [3.8, 4) is 17.2 Å². The van der Waals surface area contributed by atoms with Crippen LogP contribution < -0.4 is 9.64 Å². The molecule has 210 valence electrons. The van der Waals surface area contributed by atoms with Crippen LogP contribution in [0.15, 0.2) is 109 Å². The van der Waals surface area contributed by atoms with Gasteiger partial charge in [0.1, 0.15) is 23.1 Å². The van der Waals surface area contributed by atoms with Crippen LogP contribution in [0.2, 0.25) is 0 Å². The van der Waals surface area contributed by atoms with Gasteiger partial charge in [0.15, 0.2) is 5.78 Å². The SMILES string of the molecule is CCN1C(=O)[C@@H](CC(=O)c2cccc(Oc3ccccc3)c2)[C@@H](c2ccc(F)cc2)c2c(C)nn(-c3ccccc3)c21. The highest BCUT2D eigenvalue weighted by Crippen LogP contribution is 2.47. The number of amides is 1. The molecule has 1 aromatic heterocycles. The lowest BCUT2D eigenvalue weighted by Crippen LogP contribution is -2.45. The molecule has 0 radical (unpaired) electrons. The van der Waals surface area contributed by atoms with Crippen LogP contribution in [0.5, 0.6) is 11.5 Å². The Morgan fingerprint density at radius 1 is 0.881 bits per heavy atom. The molecule has 2 atom stereocenters. The second-order valence-electron chi connectivity index (χ2n) is 10.4. The fourth-order valence-electron chi connectivity index (χ4n) is 5.80. The smallest absolute Gasteiger partial charge is 0.232 e. The maximum absolute atomic E-state index is 14.3. The first-order valence-electron chi connectivity index (χ1n) is 14.0. The van der Waals surface area contributed by atoms with E-state index >= 15 is 0 Å². The van der Waals surface area contributed by atoms with E-state index in [4.69, 9.17) is 9.84 Å². The van der Waals surface area contributed by atoms with Crippen molar-refractivity contribution in [1.29, 1.82) is 0 Å². The molecule has 5 aromatic rings. The summed E-state index contributed by atoms with van der Waals surface area (Å²) in [6.45, 7) is 4.24. The Kier molecular flexibility index (Phi) is 7.40. The fourth-order valence-corrected chi connectivity index (χ4v) is 5.80. The van der Waals surface area contributed by atoms with E-state index < -0.39 is 11.8 Å². The number of anilines is 1. The Balaban J connectivity index is 1.41. The van der Waals surface area contributed by atoms with Crippen molar-refractivity contribution < 1.29 is 18.7 Å². The Bertz CT molecular complexity index is 1730. The van der Waals surface area contributed by atoms with Gasteiger partial charge in [-0.2, -0.15) is 5.10 Å². The van der Waals surface area contributed by atoms with Gasteiger partial charge in [0.25, 0.3) is 0 Å². The van der Waals surface area contributed by atoms with Gasteiger partial charge >= 0.3 is 0 Å². The van der Waals surface area contributed by atoms with Gasteiger partial charge in [0.2, 0.25) is 5.91 Å². The Labute approximate surface area is 244 Å². The third-order valence-electron chi connectivity index (χ3n) is 7.72. The third kappa shape index (κ3) is 5.09. The minimum absolute atomic E-state index is 0.0262. The van der Waals surface area contributed by atoms with E-state index in [9.17, 15) is 14.0 Å². The largest absolute Gasteiger partial charge is 0.457 e. The number of para-hydroxylation sites is 2. The maximum Gasteiger partial charge on any atom is 0.232 e. The molecule has 7 heteroatoms. The van der Waals surface area contributed by atoms with Crippen molar-refractivity contribution in [2.75, 3.05) is 11.4 Å². The van der Waals surface area contributed by atoms with Gasteiger partial charge < -0.3 is 4.74 Å². The van der Waals surface area contributed by atoms with E-state index in [0.717, 1.165) is 22.5 Å². The number of ketones is 1. The molecule has 0 bridgehead atoms. The molecule has 6 rings (SSSR count). The van der Waals surface area contributed by atoms with Crippen LogP contribution >= 0.6 is 0 Å². The van der Waals surface area contributed by atoms with Gasteiger partial charge in [-0.05, 0) is 67.9 Å². The highest BCUT2D eigenvalue weighted by atomic mass is 19.1. The molecule has 4 aromatic carbocycles. The van der Waals surface area contributed by atoms with Crippen LogP contribution in [0.4, 0.5) is 10.2 Å². The number of aromatic nitrogens is 2. The van der Waals surface area contributed by atoms with Crippen molar-refractivity contribution >= 4 is 17.5 Å². The topological polar surface area (TPSA) is 64.4 Å². The molecule has 0 spiro atoms. The van der Waals surface area contributed by atoms with Gasteiger partial charge in [0, 0.05) is 30.0 Å². The zero-order valence-corrected chi connectivity index (χ0v) is 23.4. The van der Waals surface area contributed by atoms with Gasteiger partial charge in [-0.25, -0.2) is 9.07 Å². The van der Waals surface area contributed by atoms with E-state index in [-0.39, 0.29) is 23.9 Å². The van der Waals surface area contributed by atoms with Crippen LogP contribution in [-0.4, -0.2) is 28.0 Å². The first-order chi connectivity index (χ1) is 20.4. The van der Waals surface area contributed by atoms with Crippen LogP contribution in [0.25, 0.3) is 5.69 Å². The minimum atomic E-state index is -0.707. The molecule has 42 heavy (non-hydrogen) atoms. The molecular weight excluding hydrogens is 529 g/mol. The number of halogens is 1. The zero-order chi connectivity index (χ0) is 29.2. The monoisotopic (exact) mass is 559 g/mol. The molecule has 1 amide bonds. The molecule has 0 unspecified atom stereocenters. The van der Waals surface area contributed by atoms with Crippen LogP contribution in [0.1, 0.15) is 46.4 Å². The fraction of sp³-hybridized carbons (Fsp3) is 0.171. The van der Waals surface area contributed by atoms with Gasteiger partial charge in [-0.1, -0.05) is 60.7 Å². The number of Topliss-reactive ketones (excluding diaryl/α,β-unsaturated/α-hetero) is 1. The van der Waals surface area contributed by atoms with Gasteiger partial charge in [-0.3, -0.25) is 14.5 Å². The Morgan fingerprint density at radius 3 is 2.24 bits per heavy atom. The molecule has 1 aliphatic heterocycles. The number of hydrogen-bond acceptors (Lipinski definition) is 4. The zero-order valence-electron chi connectivity index (χ0n) is 23.4. The first-order valence-corrected chi connectivity index (χ1v) is 14.0. The predicted octanol–water partition coefficient (Wildman–Crippen LogP) is 7.50. The molecule has 0 saturated carbocycles. The van der Waals surface area contributed by atoms with Crippen molar-refractivity contribution in [1.82, 2.24) is 9.78 Å². The first kappa shape index (κ1) is 27.1. The van der Waals surface area contributed by atoms with E-state index in [2.05, 4.69) is 0 Å². The highest BCUT2D eigenvalue weighted by Gasteiger charge is 2.45. The number of fused-ring (bicyclic) bond motifs is 1. The quantitative estimate of drug-likeness (QED) is 0.185. The number of rotatable bonds is 8. The third-order valence-corrected chi connectivity index (χ3v) is 7.72. The second-order valence-corrected chi connectivity index (χ2v) is 10.4. The molecule has 0 saturated heterocycles. The summed E-state index contributed by atoms with van der Waals surface area (Å²) in [6.07, 6.45) is -0.0262. The molecule has 0 fully saturated rings. The van der Waals surface area contributed by atoms with E-state index in [1.807, 2.05) is 74.5 Å². The standard InChI is InChI=1S/C35H30FN3O3/c1-3-38-34-32(23(2)37-39(34)27-12-6-4-7-13-27)33(24-17-19-26(36)20-18-24)30(35(38)41)22-31(40)25-11-10-16-29(21-25)42-28-14-8-5-9-15-28/h4-21,30,33H,3,22H2,1-2H3/t30-,33+/m0/s1. The number of ether oxygens (including phenoxy) is 1. The Hall–Kier alpha value is -5.04. The van der Waals surface area contributed by atoms with Crippen LogP contribution in [0.3, 0.4) is 0 Å². The summed E-state index contributed by atoms with van der Waals surface area (Å²) in [4.78, 5) is 29.8.